The second-order valence-electron chi connectivity index (χ2n) is 6.92. The van der Waals surface area contributed by atoms with Crippen LogP contribution in [0.1, 0.15) is 28.7 Å². The normalized spacial score (nSPS) is 11.9. The number of rotatable bonds is 7. The van der Waals surface area contributed by atoms with E-state index in [0.717, 1.165) is 5.56 Å². The molecule has 0 spiro atoms. The maximum atomic E-state index is 13.2. The first kappa shape index (κ1) is 18.7. The lowest BCUT2D eigenvalue weighted by Gasteiger charge is -2.22. The molecule has 4 rings (SSSR count). The topological polar surface area (TPSA) is 46.9 Å². The quantitative estimate of drug-likeness (QED) is 0.515. The number of aromatic nitrogens is 2. The van der Waals surface area contributed by atoms with Gasteiger partial charge in [-0.25, -0.2) is 0 Å². The third kappa shape index (κ3) is 4.43. The van der Waals surface area contributed by atoms with Gasteiger partial charge in [0.15, 0.2) is 6.04 Å². The van der Waals surface area contributed by atoms with E-state index in [1.54, 1.807) is 10.9 Å². The lowest BCUT2D eigenvalue weighted by molar-refractivity contribution is -0.123. The van der Waals surface area contributed by atoms with Crippen molar-refractivity contribution in [1.82, 2.24) is 15.1 Å². The summed E-state index contributed by atoms with van der Waals surface area (Å²) in [6.45, 7) is 0.511. The Hall–Kier alpha value is -3.66. The fourth-order valence-corrected chi connectivity index (χ4v) is 3.59. The van der Waals surface area contributed by atoms with Crippen LogP contribution < -0.4 is 5.32 Å². The largest absolute Gasteiger partial charge is 0.353 e. The Morgan fingerprint density at radius 1 is 0.759 bits per heavy atom. The molecule has 1 N–H and O–H groups in total. The van der Waals surface area contributed by atoms with Crippen LogP contribution in [0.5, 0.6) is 0 Å². The summed E-state index contributed by atoms with van der Waals surface area (Å²) in [4.78, 5) is 13.2. The Balaban J connectivity index is 1.58. The van der Waals surface area contributed by atoms with Crippen LogP contribution in [0, 0.1) is 0 Å². The SMILES string of the molecule is O=C(NCC(c1ccccc1)c1ccccc1)C(c1ccccc1)n1cccn1. The predicted molar refractivity (Wildman–Crippen MR) is 115 cm³/mol. The molecule has 1 unspecified atom stereocenters. The van der Waals surface area contributed by atoms with Crippen LogP contribution in [0.2, 0.25) is 0 Å². The molecule has 0 saturated heterocycles. The predicted octanol–water partition coefficient (Wildman–Crippen LogP) is 4.42. The molecule has 0 aliphatic carbocycles. The van der Waals surface area contributed by atoms with Crippen LogP contribution in [0.25, 0.3) is 0 Å². The Morgan fingerprint density at radius 3 is 1.76 bits per heavy atom. The molecular formula is C25H23N3O. The summed E-state index contributed by atoms with van der Waals surface area (Å²) < 4.78 is 1.70. The summed E-state index contributed by atoms with van der Waals surface area (Å²) >= 11 is 0. The average Bonchev–Trinajstić information content (AvgIpc) is 3.31. The van der Waals surface area contributed by atoms with E-state index in [9.17, 15) is 4.79 Å². The summed E-state index contributed by atoms with van der Waals surface area (Å²) in [6.07, 6.45) is 3.52. The summed E-state index contributed by atoms with van der Waals surface area (Å²) in [7, 11) is 0. The van der Waals surface area contributed by atoms with E-state index in [4.69, 9.17) is 0 Å². The number of benzene rings is 3. The summed E-state index contributed by atoms with van der Waals surface area (Å²) in [5.41, 5.74) is 3.26. The molecule has 0 aliphatic rings. The van der Waals surface area contributed by atoms with Gasteiger partial charge in [-0.1, -0.05) is 91.0 Å². The highest BCUT2D eigenvalue weighted by Crippen LogP contribution is 2.24. The van der Waals surface area contributed by atoms with Gasteiger partial charge in [0.25, 0.3) is 0 Å². The summed E-state index contributed by atoms with van der Waals surface area (Å²) in [6, 6.07) is 31.6. The van der Waals surface area contributed by atoms with Crippen LogP contribution in [0.3, 0.4) is 0 Å². The highest BCUT2D eigenvalue weighted by Gasteiger charge is 2.24. The molecule has 1 heterocycles. The average molecular weight is 381 g/mol. The lowest BCUT2D eigenvalue weighted by Crippen LogP contribution is -2.36. The van der Waals surface area contributed by atoms with Crippen LogP contribution in [0.4, 0.5) is 0 Å². The zero-order valence-corrected chi connectivity index (χ0v) is 16.1. The molecule has 29 heavy (non-hydrogen) atoms. The van der Waals surface area contributed by atoms with E-state index in [-0.39, 0.29) is 11.8 Å². The number of amides is 1. The Kier molecular flexibility index (Phi) is 5.81. The van der Waals surface area contributed by atoms with Gasteiger partial charge in [-0.15, -0.1) is 0 Å². The van der Waals surface area contributed by atoms with Crippen molar-refractivity contribution in [2.75, 3.05) is 6.54 Å². The highest BCUT2D eigenvalue weighted by molar-refractivity contribution is 5.83. The van der Waals surface area contributed by atoms with E-state index in [1.807, 2.05) is 79.0 Å². The molecule has 4 nitrogen and oxygen atoms in total. The van der Waals surface area contributed by atoms with E-state index in [1.165, 1.54) is 11.1 Å². The smallest absolute Gasteiger partial charge is 0.249 e. The van der Waals surface area contributed by atoms with Crippen molar-refractivity contribution in [2.45, 2.75) is 12.0 Å². The van der Waals surface area contributed by atoms with Gasteiger partial charge in [0, 0.05) is 24.9 Å². The van der Waals surface area contributed by atoms with Crippen molar-refractivity contribution in [1.29, 1.82) is 0 Å². The first-order chi connectivity index (χ1) is 14.3. The van der Waals surface area contributed by atoms with E-state index in [0.29, 0.717) is 6.54 Å². The number of hydrogen-bond acceptors (Lipinski definition) is 2. The molecule has 1 amide bonds. The molecule has 1 aromatic heterocycles. The molecule has 0 saturated carbocycles. The van der Waals surface area contributed by atoms with Gasteiger partial charge in [-0.05, 0) is 22.8 Å². The molecule has 1 atom stereocenters. The van der Waals surface area contributed by atoms with Gasteiger partial charge in [-0.2, -0.15) is 5.10 Å². The van der Waals surface area contributed by atoms with Crippen molar-refractivity contribution < 1.29 is 4.79 Å². The summed E-state index contributed by atoms with van der Waals surface area (Å²) in [5, 5.41) is 7.48. The zero-order chi connectivity index (χ0) is 19.9. The van der Waals surface area contributed by atoms with Crippen molar-refractivity contribution in [2.24, 2.45) is 0 Å². The first-order valence-corrected chi connectivity index (χ1v) is 9.74. The highest BCUT2D eigenvalue weighted by atomic mass is 16.2. The van der Waals surface area contributed by atoms with Gasteiger partial charge >= 0.3 is 0 Å². The number of carbonyl (C=O) groups is 1. The van der Waals surface area contributed by atoms with Gasteiger partial charge < -0.3 is 5.32 Å². The lowest BCUT2D eigenvalue weighted by atomic mass is 9.91. The minimum Gasteiger partial charge on any atom is -0.353 e. The third-order valence-electron chi connectivity index (χ3n) is 5.04. The van der Waals surface area contributed by atoms with Crippen molar-refractivity contribution >= 4 is 5.91 Å². The standard InChI is InChI=1S/C25H23N3O/c29-25(24(28-18-10-17-27-28)22-15-8-3-9-16-22)26-19-23(20-11-4-1-5-12-20)21-13-6-2-7-14-21/h1-18,23-24H,19H2,(H,26,29). The molecular weight excluding hydrogens is 358 g/mol. The maximum absolute atomic E-state index is 13.2. The number of carbonyl (C=O) groups excluding carboxylic acids is 1. The Labute approximate surface area is 170 Å². The van der Waals surface area contributed by atoms with E-state index < -0.39 is 6.04 Å². The Bertz CT molecular complexity index is 976. The van der Waals surface area contributed by atoms with Gasteiger partial charge in [0.1, 0.15) is 0 Å². The maximum Gasteiger partial charge on any atom is 0.249 e. The molecule has 0 fully saturated rings. The molecule has 0 bridgehead atoms. The van der Waals surface area contributed by atoms with Crippen molar-refractivity contribution in [3.05, 3.63) is 126 Å². The van der Waals surface area contributed by atoms with E-state index >= 15 is 0 Å². The third-order valence-corrected chi connectivity index (χ3v) is 5.04. The van der Waals surface area contributed by atoms with Gasteiger partial charge in [0.2, 0.25) is 5.91 Å². The fraction of sp³-hybridized carbons (Fsp3) is 0.120. The van der Waals surface area contributed by atoms with Gasteiger partial charge in [-0.3, -0.25) is 9.48 Å². The van der Waals surface area contributed by atoms with E-state index in [2.05, 4.69) is 34.7 Å². The van der Waals surface area contributed by atoms with Crippen LogP contribution in [0.15, 0.2) is 109 Å². The zero-order valence-electron chi connectivity index (χ0n) is 16.1. The fourth-order valence-electron chi connectivity index (χ4n) is 3.59. The number of hydrogen-bond donors (Lipinski definition) is 1. The molecule has 4 heteroatoms. The molecule has 0 aliphatic heterocycles. The Morgan fingerprint density at radius 2 is 1.28 bits per heavy atom. The first-order valence-electron chi connectivity index (χ1n) is 9.74. The molecule has 0 radical (unpaired) electrons. The molecule has 144 valence electrons. The van der Waals surface area contributed by atoms with Crippen LogP contribution >= 0.6 is 0 Å². The molecule has 4 aromatic rings. The number of nitrogens with zero attached hydrogens (tertiary/aromatic N) is 2. The summed E-state index contributed by atoms with van der Waals surface area (Å²) in [5.74, 6) is 0.00663. The van der Waals surface area contributed by atoms with Crippen LogP contribution in [-0.4, -0.2) is 22.2 Å². The minimum atomic E-state index is -0.501. The minimum absolute atomic E-state index is 0.0724. The monoisotopic (exact) mass is 381 g/mol. The van der Waals surface area contributed by atoms with Crippen LogP contribution in [-0.2, 0) is 4.79 Å². The molecule has 3 aromatic carbocycles. The van der Waals surface area contributed by atoms with Crippen molar-refractivity contribution in [3.8, 4) is 0 Å². The second-order valence-corrected chi connectivity index (χ2v) is 6.92. The second kappa shape index (κ2) is 9.02. The van der Waals surface area contributed by atoms with Gasteiger partial charge in [0.05, 0.1) is 0 Å². The van der Waals surface area contributed by atoms with Crippen molar-refractivity contribution in [3.63, 3.8) is 0 Å². The number of nitrogens with one attached hydrogen (secondary N) is 1.